The van der Waals surface area contributed by atoms with Crippen molar-refractivity contribution < 1.29 is 9.13 Å². The average molecular weight is 482 g/mol. The summed E-state index contributed by atoms with van der Waals surface area (Å²) >= 11 is 12.3. The van der Waals surface area contributed by atoms with Gasteiger partial charge in [0.25, 0.3) is 5.56 Å². The van der Waals surface area contributed by atoms with Crippen LogP contribution in [0.15, 0.2) is 65.5 Å². The summed E-state index contributed by atoms with van der Waals surface area (Å²) in [4.78, 5) is 18.3. The Hall–Kier alpha value is -3.35. The predicted molar refractivity (Wildman–Crippen MR) is 130 cm³/mol. The van der Waals surface area contributed by atoms with Gasteiger partial charge in [-0.25, -0.2) is 9.37 Å². The molecular formula is C25H18Cl2FN3O2. The largest absolute Gasteiger partial charge is 0.497 e. The van der Waals surface area contributed by atoms with E-state index in [1.54, 1.807) is 19.2 Å². The topological polar surface area (TPSA) is 49.0 Å². The number of nitrogens with zero attached hydrogens (tertiary/aromatic N) is 3. The van der Waals surface area contributed by atoms with E-state index in [0.717, 1.165) is 22.5 Å². The van der Waals surface area contributed by atoms with Gasteiger partial charge in [-0.05, 0) is 54.1 Å². The van der Waals surface area contributed by atoms with Gasteiger partial charge < -0.3 is 9.30 Å². The number of halogens is 3. The van der Waals surface area contributed by atoms with Crippen molar-refractivity contribution in [2.45, 2.75) is 6.42 Å². The molecule has 0 unspecified atom stereocenters. The highest BCUT2D eigenvalue weighted by molar-refractivity contribution is 6.31. The Morgan fingerprint density at radius 1 is 1.03 bits per heavy atom. The fourth-order valence-corrected chi connectivity index (χ4v) is 4.41. The molecule has 0 spiro atoms. The van der Waals surface area contributed by atoms with Crippen molar-refractivity contribution >= 4 is 45.1 Å². The summed E-state index contributed by atoms with van der Waals surface area (Å²) in [5.74, 6) is 0.947. The lowest BCUT2D eigenvalue weighted by atomic mass is 10.1. The normalized spacial score (nSPS) is 11.4. The van der Waals surface area contributed by atoms with Crippen LogP contribution in [-0.4, -0.2) is 21.2 Å². The van der Waals surface area contributed by atoms with Crippen LogP contribution in [0.5, 0.6) is 5.75 Å². The van der Waals surface area contributed by atoms with Crippen LogP contribution in [0.2, 0.25) is 10.0 Å². The zero-order chi connectivity index (χ0) is 23.3. The van der Waals surface area contributed by atoms with Crippen molar-refractivity contribution in [2.75, 3.05) is 7.11 Å². The van der Waals surface area contributed by atoms with Gasteiger partial charge in [-0.3, -0.25) is 9.36 Å². The van der Waals surface area contributed by atoms with Crippen molar-refractivity contribution in [1.29, 1.82) is 0 Å². The molecule has 0 aliphatic rings. The Balaban J connectivity index is 1.77. The number of pyridine rings is 1. The number of methoxy groups -OCH3 is 1. The molecule has 166 valence electrons. The molecular weight excluding hydrogens is 464 g/mol. The van der Waals surface area contributed by atoms with E-state index < -0.39 is 5.82 Å². The highest BCUT2D eigenvalue weighted by Gasteiger charge is 2.20. The van der Waals surface area contributed by atoms with E-state index in [1.165, 1.54) is 22.8 Å². The quantitative estimate of drug-likeness (QED) is 0.320. The lowest BCUT2D eigenvalue weighted by Crippen LogP contribution is -2.19. The van der Waals surface area contributed by atoms with Crippen LogP contribution in [0.4, 0.5) is 4.39 Å². The Labute approximate surface area is 198 Å². The first-order chi connectivity index (χ1) is 15.9. The lowest BCUT2D eigenvalue weighted by Gasteiger charge is -2.13. The standard InChI is InChI=1S/C25H18Cl2FN3O2/c1-30-22(11-14-3-7-17(33-2)8-4-14)29-23-24(30)18-9-5-15(26)12-21(18)31(25(23)32)16-6-10-20(28)19(27)13-16/h3-10,12-13H,11H2,1-2H3. The van der Waals surface area contributed by atoms with Crippen LogP contribution < -0.4 is 10.3 Å². The molecule has 0 fully saturated rings. The van der Waals surface area contributed by atoms with Gasteiger partial charge in [0.15, 0.2) is 5.52 Å². The van der Waals surface area contributed by atoms with E-state index in [4.69, 9.17) is 32.9 Å². The minimum atomic E-state index is -0.559. The Kier molecular flexibility index (Phi) is 5.35. The van der Waals surface area contributed by atoms with Gasteiger partial charge in [-0.1, -0.05) is 35.3 Å². The first-order valence-electron chi connectivity index (χ1n) is 10.2. The zero-order valence-electron chi connectivity index (χ0n) is 17.8. The Morgan fingerprint density at radius 3 is 2.48 bits per heavy atom. The van der Waals surface area contributed by atoms with E-state index in [-0.39, 0.29) is 10.6 Å². The maximum atomic E-state index is 13.8. The van der Waals surface area contributed by atoms with Gasteiger partial charge in [-0.15, -0.1) is 0 Å². The number of ether oxygens (including phenoxy) is 1. The summed E-state index contributed by atoms with van der Waals surface area (Å²) < 4.78 is 22.4. The highest BCUT2D eigenvalue weighted by Crippen LogP contribution is 2.29. The molecule has 0 saturated heterocycles. The first kappa shape index (κ1) is 21.5. The third-order valence-corrected chi connectivity index (χ3v) is 6.26. The molecule has 33 heavy (non-hydrogen) atoms. The molecule has 0 bridgehead atoms. The molecule has 2 heterocycles. The van der Waals surface area contributed by atoms with Gasteiger partial charge in [0, 0.05) is 23.9 Å². The summed E-state index contributed by atoms with van der Waals surface area (Å²) in [5, 5.41) is 1.20. The van der Waals surface area contributed by atoms with Crippen LogP contribution in [0.3, 0.4) is 0 Å². The van der Waals surface area contributed by atoms with Crippen molar-refractivity contribution in [3.05, 3.63) is 98.3 Å². The number of aromatic nitrogens is 3. The number of hydrogen-bond acceptors (Lipinski definition) is 3. The van der Waals surface area contributed by atoms with Gasteiger partial charge in [0.2, 0.25) is 0 Å². The summed E-state index contributed by atoms with van der Waals surface area (Å²) in [5.41, 5.74) is 2.74. The monoisotopic (exact) mass is 481 g/mol. The second-order valence-electron chi connectivity index (χ2n) is 7.71. The van der Waals surface area contributed by atoms with Crippen LogP contribution in [0, 0.1) is 5.82 Å². The summed E-state index contributed by atoms with van der Waals surface area (Å²) in [6.07, 6.45) is 0.534. The molecule has 5 aromatic rings. The first-order valence-corrected chi connectivity index (χ1v) is 10.9. The number of fused-ring (bicyclic) bond motifs is 3. The molecule has 8 heteroatoms. The number of aryl methyl sites for hydroxylation is 1. The predicted octanol–water partition coefficient (Wildman–Crippen LogP) is 5.92. The molecule has 0 radical (unpaired) electrons. The van der Waals surface area contributed by atoms with Crippen LogP contribution in [0.25, 0.3) is 27.6 Å². The van der Waals surface area contributed by atoms with Crippen molar-refractivity contribution in [1.82, 2.24) is 14.1 Å². The molecule has 0 amide bonds. The highest BCUT2D eigenvalue weighted by atomic mass is 35.5. The summed E-state index contributed by atoms with van der Waals surface area (Å²) in [6, 6.07) is 17.2. The average Bonchev–Trinajstić information content (AvgIpc) is 3.13. The van der Waals surface area contributed by atoms with Gasteiger partial charge in [0.1, 0.15) is 17.4 Å². The molecule has 5 nitrogen and oxygen atoms in total. The Morgan fingerprint density at radius 2 is 1.79 bits per heavy atom. The molecule has 0 aliphatic heterocycles. The van der Waals surface area contributed by atoms with Gasteiger partial charge >= 0.3 is 0 Å². The number of rotatable bonds is 4. The second kappa shape index (κ2) is 8.21. The molecule has 2 aromatic heterocycles. The molecule has 0 N–H and O–H groups in total. The zero-order valence-corrected chi connectivity index (χ0v) is 19.3. The third kappa shape index (κ3) is 3.65. The molecule has 5 rings (SSSR count). The van der Waals surface area contributed by atoms with Crippen LogP contribution >= 0.6 is 23.2 Å². The van der Waals surface area contributed by atoms with E-state index in [1.807, 2.05) is 41.9 Å². The van der Waals surface area contributed by atoms with E-state index >= 15 is 0 Å². The lowest BCUT2D eigenvalue weighted by molar-refractivity contribution is 0.414. The van der Waals surface area contributed by atoms with Gasteiger partial charge in [0.05, 0.1) is 28.9 Å². The maximum Gasteiger partial charge on any atom is 0.283 e. The van der Waals surface area contributed by atoms with E-state index in [9.17, 15) is 9.18 Å². The maximum absolute atomic E-state index is 13.8. The summed E-state index contributed by atoms with van der Waals surface area (Å²) in [6.45, 7) is 0. The fraction of sp³-hybridized carbons (Fsp3) is 0.120. The third-order valence-electron chi connectivity index (χ3n) is 5.73. The minimum absolute atomic E-state index is 0.0732. The molecule has 0 saturated carbocycles. The van der Waals surface area contributed by atoms with Crippen molar-refractivity contribution in [2.24, 2.45) is 7.05 Å². The smallest absolute Gasteiger partial charge is 0.283 e. The van der Waals surface area contributed by atoms with E-state index in [2.05, 4.69) is 0 Å². The molecule has 0 atom stereocenters. The SMILES string of the molecule is COc1ccc(Cc2nc3c(=O)n(-c4ccc(F)c(Cl)c4)c4cc(Cl)ccc4c3n2C)cc1. The van der Waals surface area contributed by atoms with Crippen molar-refractivity contribution in [3.8, 4) is 11.4 Å². The summed E-state index contributed by atoms with van der Waals surface area (Å²) in [7, 11) is 3.51. The molecule has 0 aliphatic carbocycles. The van der Waals surface area contributed by atoms with Crippen LogP contribution in [-0.2, 0) is 13.5 Å². The number of imidazole rings is 1. The Bertz CT molecular complexity index is 1590. The van der Waals surface area contributed by atoms with E-state index in [0.29, 0.717) is 33.7 Å². The number of benzene rings is 3. The molecule has 3 aromatic carbocycles. The number of hydrogen-bond donors (Lipinski definition) is 0. The van der Waals surface area contributed by atoms with Crippen molar-refractivity contribution in [3.63, 3.8) is 0 Å². The second-order valence-corrected chi connectivity index (χ2v) is 8.55. The van der Waals surface area contributed by atoms with Gasteiger partial charge in [-0.2, -0.15) is 0 Å². The van der Waals surface area contributed by atoms with Crippen LogP contribution in [0.1, 0.15) is 11.4 Å². The fourth-order valence-electron chi connectivity index (χ4n) is 4.07. The minimum Gasteiger partial charge on any atom is -0.497 e.